The molecular formula is C25H27NO4S2. The summed E-state index contributed by atoms with van der Waals surface area (Å²) in [5.74, 6) is -0.537. The fourth-order valence-corrected chi connectivity index (χ4v) is 7.68. The third-order valence-electron chi connectivity index (χ3n) is 5.85. The molecule has 5 nitrogen and oxygen atoms in total. The van der Waals surface area contributed by atoms with Crippen LogP contribution >= 0.6 is 11.3 Å². The van der Waals surface area contributed by atoms with Gasteiger partial charge in [-0.25, -0.2) is 8.42 Å². The van der Waals surface area contributed by atoms with Crippen molar-refractivity contribution >= 4 is 32.8 Å². The van der Waals surface area contributed by atoms with Crippen LogP contribution in [0, 0.1) is 0 Å². The maximum atomic E-state index is 13.0. The lowest BCUT2D eigenvalue weighted by atomic mass is 10.0. The minimum absolute atomic E-state index is 0.0365. The standard InChI is InChI=1S/C25H27NO4S2/c1-18(27)30-25(16-4-5-17-32(25,28)29)24-15-14-23(31-24)21-8-6-19(7-9-21)20-10-12-22(13-11-20)26(2)3/h6-15H,4-5,16-17H2,1-3H3/t25-/m0/s1. The Labute approximate surface area is 193 Å². The fraction of sp³-hybridized carbons (Fsp3) is 0.320. The second kappa shape index (κ2) is 8.71. The molecule has 1 aliphatic rings. The fourth-order valence-electron chi connectivity index (χ4n) is 4.12. The van der Waals surface area contributed by atoms with Gasteiger partial charge in [0, 0.05) is 38.0 Å². The molecular weight excluding hydrogens is 442 g/mol. The number of carbonyl (C=O) groups is 1. The average molecular weight is 470 g/mol. The number of ether oxygens (including phenoxy) is 1. The summed E-state index contributed by atoms with van der Waals surface area (Å²) in [4.78, 5) is 13.8. The number of benzene rings is 2. The molecule has 1 aliphatic heterocycles. The van der Waals surface area contributed by atoms with E-state index in [9.17, 15) is 13.2 Å². The van der Waals surface area contributed by atoms with E-state index in [0.717, 1.165) is 27.3 Å². The largest absolute Gasteiger partial charge is 0.437 e. The first-order valence-corrected chi connectivity index (χ1v) is 13.1. The summed E-state index contributed by atoms with van der Waals surface area (Å²) in [5, 5.41) is 0. The highest BCUT2D eigenvalue weighted by atomic mass is 32.2. The molecule has 1 saturated heterocycles. The van der Waals surface area contributed by atoms with Gasteiger partial charge in [-0.15, -0.1) is 11.3 Å². The molecule has 4 rings (SSSR count). The molecule has 168 valence electrons. The summed E-state index contributed by atoms with van der Waals surface area (Å²) < 4.78 is 31.5. The van der Waals surface area contributed by atoms with E-state index in [-0.39, 0.29) is 5.75 Å². The molecule has 0 amide bonds. The van der Waals surface area contributed by atoms with Crippen molar-refractivity contribution < 1.29 is 17.9 Å². The van der Waals surface area contributed by atoms with Crippen LogP contribution in [0.25, 0.3) is 21.6 Å². The molecule has 0 aliphatic carbocycles. The molecule has 2 aromatic carbocycles. The van der Waals surface area contributed by atoms with Gasteiger partial charge in [0.15, 0.2) is 9.84 Å². The van der Waals surface area contributed by atoms with Gasteiger partial charge in [-0.05, 0) is 53.8 Å². The molecule has 0 N–H and O–H groups in total. The predicted octanol–water partition coefficient (Wildman–Crippen LogP) is 5.46. The molecule has 0 radical (unpaired) electrons. The van der Waals surface area contributed by atoms with E-state index in [1.54, 1.807) is 6.07 Å². The number of carbonyl (C=O) groups excluding carboxylic acids is 1. The van der Waals surface area contributed by atoms with E-state index in [1.807, 2.05) is 32.3 Å². The Kier molecular flexibility index (Phi) is 6.14. The highest BCUT2D eigenvalue weighted by Crippen LogP contribution is 2.46. The van der Waals surface area contributed by atoms with Crippen LogP contribution in [0.15, 0.2) is 60.7 Å². The molecule has 1 atom stereocenters. The minimum atomic E-state index is -3.59. The van der Waals surface area contributed by atoms with Gasteiger partial charge in [0.1, 0.15) is 0 Å². The summed E-state index contributed by atoms with van der Waals surface area (Å²) in [5.41, 5.74) is 4.40. The summed E-state index contributed by atoms with van der Waals surface area (Å²) in [6, 6.07) is 20.3. The maximum absolute atomic E-state index is 13.0. The number of sulfone groups is 1. The van der Waals surface area contributed by atoms with Crippen molar-refractivity contribution in [2.75, 3.05) is 24.7 Å². The van der Waals surface area contributed by atoms with Gasteiger partial charge in [0.2, 0.25) is 4.93 Å². The first-order chi connectivity index (χ1) is 15.2. The van der Waals surface area contributed by atoms with Gasteiger partial charge < -0.3 is 9.64 Å². The number of anilines is 1. The van der Waals surface area contributed by atoms with Crippen LogP contribution in [-0.4, -0.2) is 34.2 Å². The number of hydrogen-bond donors (Lipinski definition) is 0. The summed E-state index contributed by atoms with van der Waals surface area (Å²) in [7, 11) is 0.443. The Morgan fingerprint density at radius 3 is 2.06 bits per heavy atom. The Morgan fingerprint density at radius 1 is 0.906 bits per heavy atom. The topological polar surface area (TPSA) is 63.7 Å². The lowest BCUT2D eigenvalue weighted by Gasteiger charge is -2.34. The highest BCUT2D eigenvalue weighted by molar-refractivity contribution is 7.92. The normalized spacial score (nSPS) is 20.0. The van der Waals surface area contributed by atoms with Crippen LogP contribution in [-0.2, 0) is 24.3 Å². The zero-order valence-electron chi connectivity index (χ0n) is 18.5. The van der Waals surface area contributed by atoms with Crippen LogP contribution in [0.2, 0.25) is 0 Å². The third-order valence-corrected chi connectivity index (χ3v) is 9.59. The third kappa shape index (κ3) is 4.19. The molecule has 3 aromatic rings. The molecule has 0 spiro atoms. The number of rotatable bonds is 5. The lowest BCUT2D eigenvalue weighted by molar-refractivity contribution is -0.150. The van der Waals surface area contributed by atoms with Crippen LogP contribution in [0.4, 0.5) is 5.69 Å². The first-order valence-electron chi connectivity index (χ1n) is 10.6. The summed E-state index contributed by atoms with van der Waals surface area (Å²) >= 11 is 1.38. The highest BCUT2D eigenvalue weighted by Gasteiger charge is 2.51. The Balaban J connectivity index is 1.63. The molecule has 0 unspecified atom stereocenters. The number of nitrogens with zero attached hydrogens (tertiary/aromatic N) is 1. The van der Waals surface area contributed by atoms with E-state index >= 15 is 0 Å². The smallest absolute Gasteiger partial charge is 0.304 e. The number of esters is 1. The molecule has 1 aromatic heterocycles. The first kappa shape index (κ1) is 22.6. The quantitative estimate of drug-likeness (QED) is 0.464. The van der Waals surface area contributed by atoms with Crippen LogP contribution < -0.4 is 4.90 Å². The molecule has 0 bridgehead atoms. The van der Waals surface area contributed by atoms with Crippen LogP contribution in [0.5, 0.6) is 0 Å². The molecule has 0 saturated carbocycles. The van der Waals surface area contributed by atoms with E-state index < -0.39 is 20.7 Å². The van der Waals surface area contributed by atoms with Crippen molar-refractivity contribution in [1.82, 2.24) is 0 Å². The zero-order chi connectivity index (χ0) is 22.9. The Bertz CT molecular complexity index is 1210. The Hall–Kier alpha value is -2.64. The van der Waals surface area contributed by atoms with Gasteiger partial charge >= 0.3 is 5.97 Å². The van der Waals surface area contributed by atoms with Gasteiger partial charge in [-0.2, -0.15) is 0 Å². The van der Waals surface area contributed by atoms with Crippen molar-refractivity contribution in [3.8, 4) is 21.6 Å². The second-order valence-electron chi connectivity index (χ2n) is 8.31. The van der Waals surface area contributed by atoms with Crippen molar-refractivity contribution in [2.24, 2.45) is 0 Å². The molecule has 2 heterocycles. The van der Waals surface area contributed by atoms with Gasteiger partial charge in [0.05, 0.1) is 10.6 Å². The van der Waals surface area contributed by atoms with Gasteiger partial charge in [0.25, 0.3) is 0 Å². The van der Waals surface area contributed by atoms with E-state index in [1.165, 1.54) is 18.3 Å². The number of hydrogen-bond acceptors (Lipinski definition) is 6. The van der Waals surface area contributed by atoms with Gasteiger partial charge in [-0.3, -0.25) is 4.79 Å². The molecule has 7 heteroatoms. The van der Waals surface area contributed by atoms with Crippen LogP contribution in [0.1, 0.15) is 31.1 Å². The lowest BCUT2D eigenvalue weighted by Crippen LogP contribution is -2.43. The van der Waals surface area contributed by atoms with Gasteiger partial charge in [-0.1, -0.05) is 36.4 Å². The van der Waals surface area contributed by atoms with Crippen LogP contribution in [0.3, 0.4) is 0 Å². The van der Waals surface area contributed by atoms with Crippen molar-refractivity contribution in [3.05, 3.63) is 65.5 Å². The summed E-state index contributed by atoms with van der Waals surface area (Å²) in [6.07, 6.45) is 1.61. The summed E-state index contributed by atoms with van der Waals surface area (Å²) in [6.45, 7) is 1.27. The number of thiophene rings is 1. The SMILES string of the molecule is CC(=O)O[C@@]1(c2ccc(-c3ccc(-c4ccc(N(C)C)cc4)cc3)s2)CCCCS1(=O)=O. The van der Waals surface area contributed by atoms with Crippen molar-refractivity contribution in [3.63, 3.8) is 0 Å². The predicted molar refractivity (Wildman–Crippen MR) is 131 cm³/mol. The average Bonchev–Trinajstić information content (AvgIpc) is 3.26. The monoisotopic (exact) mass is 469 g/mol. The minimum Gasteiger partial charge on any atom is -0.437 e. The zero-order valence-corrected chi connectivity index (χ0v) is 20.1. The van der Waals surface area contributed by atoms with Crippen molar-refractivity contribution in [1.29, 1.82) is 0 Å². The molecule has 1 fully saturated rings. The molecule has 32 heavy (non-hydrogen) atoms. The van der Waals surface area contributed by atoms with E-state index in [4.69, 9.17) is 4.74 Å². The van der Waals surface area contributed by atoms with E-state index in [0.29, 0.717) is 24.1 Å². The van der Waals surface area contributed by atoms with Crippen molar-refractivity contribution in [2.45, 2.75) is 31.1 Å². The van der Waals surface area contributed by atoms with E-state index in [2.05, 4.69) is 41.3 Å². The Morgan fingerprint density at radius 2 is 1.50 bits per heavy atom. The second-order valence-corrected chi connectivity index (χ2v) is 11.7. The maximum Gasteiger partial charge on any atom is 0.304 e.